The largest absolute Gasteiger partial charge is 0.573 e. The Morgan fingerprint density at radius 2 is 1.31 bits per heavy atom. The predicted molar refractivity (Wildman–Crippen MR) is 134 cm³/mol. The minimum Gasteiger partial charge on any atom is -0.497 e. The Bertz CT molecular complexity index is 1380. The van der Waals surface area contributed by atoms with E-state index < -0.39 is 35.6 Å². The van der Waals surface area contributed by atoms with Crippen molar-refractivity contribution in [1.29, 1.82) is 0 Å². The highest BCUT2D eigenvalue weighted by atomic mass is 19.4. The van der Waals surface area contributed by atoms with E-state index >= 15 is 0 Å². The summed E-state index contributed by atoms with van der Waals surface area (Å²) in [5, 5.41) is 11.1. The molecule has 0 aliphatic rings. The maximum Gasteiger partial charge on any atom is 0.573 e. The quantitative estimate of drug-likeness (QED) is 0.261. The Labute approximate surface area is 220 Å². The summed E-state index contributed by atoms with van der Waals surface area (Å²) in [7, 11) is 1.46. The number of amides is 1. The smallest absolute Gasteiger partial charge is 0.497 e. The number of nitrogens with one attached hydrogen (secondary N) is 1. The Morgan fingerprint density at radius 3 is 1.85 bits per heavy atom. The van der Waals surface area contributed by atoms with Gasteiger partial charge in [-0.1, -0.05) is 24.3 Å². The van der Waals surface area contributed by atoms with Gasteiger partial charge in [0, 0.05) is 28.8 Å². The molecule has 0 aliphatic carbocycles. The van der Waals surface area contributed by atoms with Crippen LogP contribution in [0.1, 0.15) is 43.1 Å². The van der Waals surface area contributed by atoms with Crippen molar-refractivity contribution in [2.45, 2.75) is 12.8 Å². The number of carboxylic acids is 1. The molecular weight excluding hydrogens is 519 g/mol. The molecule has 0 bridgehead atoms. The van der Waals surface area contributed by atoms with Gasteiger partial charge in [0.1, 0.15) is 11.5 Å². The van der Waals surface area contributed by atoms with Crippen molar-refractivity contribution >= 4 is 29.0 Å². The van der Waals surface area contributed by atoms with Gasteiger partial charge in [0.2, 0.25) is 0 Å². The molecule has 3 aromatic rings. The third-order valence-electron chi connectivity index (χ3n) is 5.33. The maximum atomic E-state index is 13.4. The van der Waals surface area contributed by atoms with Gasteiger partial charge >= 0.3 is 12.3 Å². The summed E-state index contributed by atoms with van der Waals surface area (Å²) in [6.45, 7) is -0.0801. The van der Waals surface area contributed by atoms with Crippen LogP contribution >= 0.6 is 0 Å². The molecule has 11 heteroatoms. The first-order valence-electron chi connectivity index (χ1n) is 11.4. The Balaban J connectivity index is 1.92. The van der Waals surface area contributed by atoms with Gasteiger partial charge in [-0.3, -0.25) is 19.2 Å². The number of alkyl halides is 3. The third kappa shape index (κ3) is 8.29. The summed E-state index contributed by atoms with van der Waals surface area (Å²) >= 11 is 0. The van der Waals surface area contributed by atoms with E-state index in [1.165, 1.54) is 55.6 Å². The van der Waals surface area contributed by atoms with Crippen molar-refractivity contribution in [1.82, 2.24) is 5.32 Å². The SMILES string of the molecule is COc1ccc(C(=O)/C=C(/C(=O)c2ccc(C(=O)NCCC(=O)O)cc2)c2ccc(OC(F)(F)F)cc2)cc1. The van der Waals surface area contributed by atoms with Crippen LogP contribution in [0.5, 0.6) is 11.5 Å². The molecular formula is C28H22F3NO7. The van der Waals surface area contributed by atoms with Crippen LogP contribution in [0.3, 0.4) is 0 Å². The molecule has 39 heavy (non-hydrogen) atoms. The fourth-order valence-corrected chi connectivity index (χ4v) is 3.40. The molecule has 0 radical (unpaired) electrons. The van der Waals surface area contributed by atoms with Crippen molar-refractivity contribution in [3.63, 3.8) is 0 Å². The van der Waals surface area contributed by atoms with Gasteiger partial charge in [-0.2, -0.15) is 0 Å². The number of carbonyl (C=O) groups is 4. The lowest BCUT2D eigenvalue weighted by molar-refractivity contribution is -0.274. The van der Waals surface area contributed by atoms with Crippen LogP contribution in [0.25, 0.3) is 5.57 Å². The minimum absolute atomic E-state index is 0.0801. The number of halogens is 3. The van der Waals surface area contributed by atoms with Gasteiger partial charge in [-0.05, 0) is 60.2 Å². The topological polar surface area (TPSA) is 119 Å². The summed E-state index contributed by atoms with van der Waals surface area (Å²) in [5.41, 5.74) is 0.568. The number of methoxy groups -OCH3 is 1. The molecule has 2 N–H and O–H groups in total. The summed E-state index contributed by atoms with van der Waals surface area (Å²) in [5.74, 6) is -2.76. The van der Waals surface area contributed by atoms with Gasteiger partial charge in [0.05, 0.1) is 13.5 Å². The zero-order chi connectivity index (χ0) is 28.6. The normalized spacial score (nSPS) is 11.4. The highest BCUT2D eigenvalue weighted by Crippen LogP contribution is 2.27. The molecule has 0 saturated heterocycles. The summed E-state index contributed by atoms with van der Waals surface area (Å²) in [6.07, 6.45) is -4.08. The molecule has 8 nitrogen and oxygen atoms in total. The number of carbonyl (C=O) groups excluding carboxylic acids is 3. The fraction of sp³-hybridized carbons (Fsp3) is 0.143. The number of hydrogen-bond donors (Lipinski definition) is 2. The second-order valence-corrected chi connectivity index (χ2v) is 8.03. The number of ketones is 2. The van der Waals surface area contributed by atoms with Crippen LogP contribution < -0.4 is 14.8 Å². The number of Topliss-reactive ketones (excluding diaryl/α,β-unsaturated/α-hetero) is 1. The number of ether oxygens (including phenoxy) is 2. The van der Waals surface area contributed by atoms with E-state index in [-0.39, 0.29) is 40.8 Å². The molecule has 0 fully saturated rings. The van der Waals surface area contributed by atoms with Crippen molar-refractivity contribution in [2.24, 2.45) is 0 Å². The van der Waals surface area contributed by atoms with Gasteiger partial charge < -0.3 is 19.9 Å². The van der Waals surface area contributed by atoms with E-state index in [0.717, 1.165) is 18.2 Å². The van der Waals surface area contributed by atoms with Gasteiger partial charge in [-0.15, -0.1) is 13.2 Å². The predicted octanol–water partition coefficient (Wildman–Crippen LogP) is 4.95. The lowest BCUT2D eigenvalue weighted by Gasteiger charge is -2.11. The monoisotopic (exact) mass is 541 g/mol. The average Bonchev–Trinajstić information content (AvgIpc) is 2.91. The zero-order valence-corrected chi connectivity index (χ0v) is 20.5. The van der Waals surface area contributed by atoms with Gasteiger partial charge in [-0.25, -0.2) is 0 Å². The maximum absolute atomic E-state index is 13.4. The Morgan fingerprint density at radius 1 is 0.795 bits per heavy atom. The van der Waals surface area contributed by atoms with Gasteiger partial charge in [0.25, 0.3) is 5.91 Å². The summed E-state index contributed by atoms with van der Waals surface area (Å²) in [6, 6.07) is 16.0. The molecule has 0 unspecified atom stereocenters. The molecule has 0 aliphatic heterocycles. The molecule has 0 aromatic heterocycles. The van der Waals surface area contributed by atoms with Crippen molar-refractivity contribution in [3.05, 3.63) is 101 Å². The zero-order valence-electron chi connectivity index (χ0n) is 20.5. The third-order valence-corrected chi connectivity index (χ3v) is 5.33. The van der Waals surface area contributed by atoms with E-state index in [0.29, 0.717) is 5.75 Å². The van der Waals surface area contributed by atoms with E-state index in [9.17, 15) is 32.3 Å². The number of hydrogen-bond acceptors (Lipinski definition) is 6. The van der Waals surface area contributed by atoms with Crippen molar-refractivity contribution in [3.8, 4) is 11.5 Å². The second kappa shape index (κ2) is 12.5. The van der Waals surface area contributed by atoms with Crippen LogP contribution in [0.4, 0.5) is 13.2 Å². The van der Waals surface area contributed by atoms with Gasteiger partial charge in [0.15, 0.2) is 11.6 Å². The van der Waals surface area contributed by atoms with Crippen molar-refractivity contribution in [2.75, 3.05) is 13.7 Å². The van der Waals surface area contributed by atoms with Crippen molar-refractivity contribution < 1.29 is 46.9 Å². The molecule has 0 spiro atoms. The first-order chi connectivity index (χ1) is 18.5. The van der Waals surface area contributed by atoms with Crippen LogP contribution in [-0.2, 0) is 4.79 Å². The molecule has 1 amide bonds. The molecule has 0 atom stereocenters. The summed E-state index contributed by atoms with van der Waals surface area (Å²) < 4.78 is 46.6. The van der Waals surface area contributed by atoms with Crippen LogP contribution in [-0.4, -0.2) is 48.6 Å². The van der Waals surface area contributed by atoms with Crippen LogP contribution in [0.15, 0.2) is 78.9 Å². The number of carboxylic acid groups (broad SMARTS) is 1. The lowest BCUT2D eigenvalue weighted by atomic mass is 9.94. The van der Waals surface area contributed by atoms with E-state index in [4.69, 9.17) is 9.84 Å². The highest BCUT2D eigenvalue weighted by Gasteiger charge is 2.31. The highest BCUT2D eigenvalue weighted by molar-refractivity contribution is 6.32. The number of rotatable bonds is 11. The Hall–Kier alpha value is -4.93. The van der Waals surface area contributed by atoms with Crippen LogP contribution in [0, 0.1) is 0 Å². The molecule has 0 saturated carbocycles. The van der Waals surface area contributed by atoms with Crippen LogP contribution in [0.2, 0.25) is 0 Å². The molecule has 202 valence electrons. The number of allylic oxidation sites excluding steroid dienone is 2. The minimum atomic E-state index is -4.90. The standard InChI is InChI=1S/C28H22F3NO7/c1-38-21-10-8-18(9-11-21)24(33)16-23(17-6-12-22(13-7-17)39-28(29,30)31)26(36)19-2-4-20(5-3-19)27(37)32-15-14-25(34)35/h2-13,16H,14-15H2,1H3,(H,32,37)(H,34,35)/b23-16+. The van der Waals surface area contributed by atoms with E-state index in [2.05, 4.69) is 10.1 Å². The first-order valence-corrected chi connectivity index (χ1v) is 11.4. The van der Waals surface area contributed by atoms with E-state index in [1.54, 1.807) is 12.1 Å². The first kappa shape index (κ1) is 28.6. The molecule has 3 aromatic carbocycles. The summed E-state index contributed by atoms with van der Waals surface area (Å²) in [4.78, 5) is 49.2. The van der Waals surface area contributed by atoms with E-state index in [1.807, 2.05) is 0 Å². The fourth-order valence-electron chi connectivity index (χ4n) is 3.40. The number of benzene rings is 3. The Kier molecular flexibility index (Phi) is 9.21. The second-order valence-electron chi connectivity index (χ2n) is 8.03. The molecule has 3 rings (SSSR count). The molecule has 0 heterocycles. The number of aliphatic carboxylic acids is 1. The lowest BCUT2D eigenvalue weighted by Crippen LogP contribution is -2.26. The average molecular weight is 541 g/mol.